The Labute approximate surface area is 115 Å². The Hall–Kier alpha value is -0.920. The first-order valence-electron chi connectivity index (χ1n) is 5.34. The van der Waals surface area contributed by atoms with Crippen molar-refractivity contribution in [3.63, 3.8) is 0 Å². The van der Waals surface area contributed by atoms with Crippen molar-refractivity contribution >= 4 is 34.5 Å². The van der Waals surface area contributed by atoms with Gasteiger partial charge in [-0.05, 0) is 34.9 Å². The third-order valence-corrected chi connectivity index (χ3v) is 2.67. The molecule has 1 rings (SSSR count). The molecule has 0 fully saturated rings. The maximum absolute atomic E-state index is 11.6. The van der Waals surface area contributed by atoms with E-state index in [2.05, 4.69) is 37.9 Å². The number of halogens is 1. The standard InChI is InChI=1S/C11H16IN3O2/c1-7(2)4-9(10(16)17-3)15-11-13-5-8(12)6-14-11/h5-7,9H,4H2,1-3H3,(H,13,14,15). The average molecular weight is 349 g/mol. The Morgan fingerprint density at radius 1 is 1.47 bits per heavy atom. The number of esters is 1. The zero-order chi connectivity index (χ0) is 12.8. The summed E-state index contributed by atoms with van der Waals surface area (Å²) in [6.45, 7) is 4.10. The number of aromatic nitrogens is 2. The topological polar surface area (TPSA) is 64.1 Å². The van der Waals surface area contributed by atoms with Gasteiger partial charge in [-0.2, -0.15) is 0 Å². The highest BCUT2D eigenvalue weighted by atomic mass is 127. The molecule has 17 heavy (non-hydrogen) atoms. The van der Waals surface area contributed by atoms with Gasteiger partial charge in [-0.1, -0.05) is 13.8 Å². The lowest BCUT2D eigenvalue weighted by molar-refractivity contribution is -0.141. The van der Waals surface area contributed by atoms with Gasteiger partial charge in [-0.3, -0.25) is 0 Å². The van der Waals surface area contributed by atoms with Crippen LogP contribution < -0.4 is 5.32 Å². The van der Waals surface area contributed by atoms with Gasteiger partial charge in [0.05, 0.1) is 7.11 Å². The Bertz CT molecular complexity index is 367. The normalized spacial score (nSPS) is 12.3. The molecule has 1 aromatic heterocycles. The van der Waals surface area contributed by atoms with E-state index < -0.39 is 6.04 Å². The Morgan fingerprint density at radius 3 is 2.53 bits per heavy atom. The number of carbonyl (C=O) groups excluding carboxylic acids is 1. The Balaban J connectivity index is 2.71. The first-order valence-corrected chi connectivity index (χ1v) is 6.42. The molecule has 1 heterocycles. The molecule has 1 unspecified atom stereocenters. The van der Waals surface area contributed by atoms with Gasteiger partial charge in [-0.15, -0.1) is 0 Å². The van der Waals surface area contributed by atoms with Gasteiger partial charge in [-0.25, -0.2) is 14.8 Å². The summed E-state index contributed by atoms with van der Waals surface area (Å²) in [5.41, 5.74) is 0. The lowest BCUT2D eigenvalue weighted by Gasteiger charge is -2.17. The van der Waals surface area contributed by atoms with E-state index in [9.17, 15) is 4.79 Å². The molecule has 6 heteroatoms. The predicted molar refractivity (Wildman–Crippen MR) is 73.6 cm³/mol. The molecule has 94 valence electrons. The van der Waals surface area contributed by atoms with Gasteiger partial charge in [0.25, 0.3) is 0 Å². The van der Waals surface area contributed by atoms with Crippen LogP contribution in [0.15, 0.2) is 12.4 Å². The fourth-order valence-electron chi connectivity index (χ4n) is 1.37. The molecule has 0 radical (unpaired) electrons. The van der Waals surface area contributed by atoms with Crippen molar-refractivity contribution in [1.29, 1.82) is 0 Å². The van der Waals surface area contributed by atoms with Crippen LogP contribution in [0.5, 0.6) is 0 Å². The van der Waals surface area contributed by atoms with Crippen molar-refractivity contribution in [3.05, 3.63) is 16.0 Å². The number of hydrogen-bond acceptors (Lipinski definition) is 5. The second-order valence-corrected chi connectivity index (χ2v) is 5.32. The highest BCUT2D eigenvalue weighted by molar-refractivity contribution is 14.1. The van der Waals surface area contributed by atoms with Crippen LogP contribution in [0.1, 0.15) is 20.3 Å². The number of carbonyl (C=O) groups is 1. The first kappa shape index (κ1) is 14.1. The van der Waals surface area contributed by atoms with Crippen molar-refractivity contribution in [1.82, 2.24) is 9.97 Å². The zero-order valence-electron chi connectivity index (χ0n) is 10.1. The van der Waals surface area contributed by atoms with Crippen molar-refractivity contribution in [2.75, 3.05) is 12.4 Å². The van der Waals surface area contributed by atoms with E-state index in [1.165, 1.54) is 7.11 Å². The van der Waals surface area contributed by atoms with Crippen molar-refractivity contribution in [2.45, 2.75) is 26.3 Å². The molecular weight excluding hydrogens is 333 g/mol. The number of hydrogen-bond donors (Lipinski definition) is 1. The highest BCUT2D eigenvalue weighted by Crippen LogP contribution is 2.11. The van der Waals surface area contributed by atoms with E-state index in [1.54, 1.807) is 12.4 Å². The number of methoxy groups -OCH3 is 1. The lowest BCUT2D eigenvalue weighted by Crippen LogP contribution is -2.32. The highest BCUT2D eigenvalue weighted by Gasteiger charge is 2.21. The maximum atomic E-state index is 11.6. The summed E-state index contributed by atoms with van der Waals surface area (Å²) < 4.78 is 5.70. The smallest absolute Gasteiger partial charge is 0.328 e. The molecule has 1 N–H and O–H groups in total. The van der Waals surface area contributed by atoms with E-state index in [0.717, 1.165) is 3.57 Å². The lowest BCUT2D eigenvalue weighted by atomic mass is 10.0. The largest absolute Gasteiger partial charge is 0.467 e. The van der Waals surface area contributed by atoms with Crippen LogP contribution in [-0.2, 0) is 9.53 Å². The monoisotopic (exact) mass is 349 g/mol. The number of nitrogens with zero attached hydrogens (tertiary/aromatic N) is 2. The molecular formula is C11H16IN3O2. The molecule has 1 atom stereocenters. The summed E-state index contributed by atoms with van der Waals surface area (Å²) in [5.74, 6) is 0.540. The van der Waals surface area contributed by atoms with Crippen LogP contribution in [0.3, 0.4) is 0 Å². The van der Waals surface area contributed by atoms with E-state index in [1.807, 2.05) is 13.8 Å². The minimum absolute atomic E-state index is 0.291. The van der Waals surface area contributed by atoms with Crippen LogP contribution >= 0.6 is 22.6 Å². The number of anilines is 1. The molecule has 0 aliphatic rings. The third kappa shape index (κ3) is 4.84. The molecule has 0 aliphatic carbocycles. The fourth-order valence-corrected chi connectivity index (χ4v) is 1.65. The van der Waals surface area contributed by atoms with Gasteiger partial charge in [0.1, 0.15) is 6.04 Å². The van der Waals surface area contributed by atoms with Crippen LogP contribution in [0.2, 0.25) is 0 Å². The van der Waals surface area contributed by atoms with Crippen LogP contribution in [0, 0.1) is 9.49 Å². The minimum Gasteiger partial charge on any atom is -0.467 e. The summed E-state index contributed by atoms with van der Waals surface area (Å²) >= 11 is 2.13. The SMILES string of the molecule is COC(=O)C(CC(C)C)Nc1ncc(I)cn1. The summed E-state index contributed by atoms with van der Waals surface area (Å²) in [4.78, 5) is 19.8. The van der Waals surface area contributed by atoms with E-state index >= 15 is 0 Å². The van der Waals surface area contributed by atoms with Crippen LogP contribution in [0.4, 0.5) is 5.95 Å². The molecule has 0 spiro atoms. The van der Waals surface area contributed by atoms with Crippen molar-refractivity contribution < 1.29 is 9.53 Å². The second kappa shape index (κ2) is 6.73. The maximum Gasteiger partial charge on any atom is 0.328 e. The van der Waals surface area contributed by atoms with Gasteiger partial charge in [0.2, 0.25) is 5.95 Å². The van der Waals surface area contributed by atoms with Crippen molar-refractivity contribution in [2.24, 2.45) is 5.92 Å². The van der Waals surface area contributed by atoms with Gasteiger partial charge >= 0.3 is 5.97 Å². The quantitative estimate of drug-likeness (QED) is 0.651. The average Bonchev–Trinajstić information content (AvgIpc) is 2.29. The molecule has 0 saturated heterocycles. The molecule has 0 bridgehead atoms. The molecule has 0 aromatic carbocycles. The van der Waals surface area contributed by atoms with E-state index in [0.29, 0.717) is 18.3 Å². The third-order valence-electron chi connectivity index (χ3n) is 2.12. The van der Waals surface area contributed by atoms with Gasteiger partial charge in [0, 0.05) is 16.0 Å². The number of rotatable bonds is 5. The Morgan fingerprint density at radius 2 is 2.06 bits per heavy atom. The van der Waals surface area contributed by atoms with Crippen LogP contribution in [-0.4, -0.2) is 29.1 Å². The second-order valence-electron chi connectivity index (χ2n) is 4.07. The molecule has 0 amide bonds. The van der Waals surface area contributed by atoms with Crippen molar-refractivity contribution in [3.8, 4) is 0 Å². The zero-order valence-corrected chi connectivity index (χ0v) is 12.3. The Kier molecular flexibility index (Phi) is 5.60. The minimum atomic E-state index is -0.403. The summed E-state index contributed by atoms with van der Waals surface area (Å²) in [6.07, 6.45) is 4.07. The van der Waals surface area contributed by atoms with Crippen LogP contribution in [0.25, 0.3) is 0 Å². The fraction of sp³-hybridized carbons (Fsp3) is 0.545. The molecule has 1 aromatic rings. The summed E-state index contributed by atoms with van der Waals surface area (Å²) in [7, 11) is 1.38. The summed E-state index contributed by atoms with van der Waals surface area (Å²) in [6, 6.07) is -0.403. The number of ether oxygens (including phenoxy) is 1. The molecule has 0 saturated carbocycles. The summed E-state index contributed by atoms with van der Waals surface area (Å²) in [5, 5.41) is 2.99. The van der Waals surface area contributed by atoms with Gasteiger partial charge < -0.3 is 10.1 Å². The van der Waals surface area contributed by atoms with Gasteiger partial charge in [0.15, 0.2) is 0 Å². The first-order chi connectivity index (χ1) is 8.02. The van der Waals surface area contributed by atoms with E-state index in [4.69, 9.17) is 4.74 Å². The van der Waals surface area contributed by atoms with E-state index in [-0.39, 0.29) is 5.97 Å². The predicted octanol–water partition coefficient (Wildman–Crippen LogP) is 2.08. The molecule has 0 aliphatic heterocycles. The number of nitrogens with one attached hydrogen (secondary N) is 1. The molecule has 5 nitrogen and oxygen atoms in total.